The number of benzene rings is 1. The molecule has 4 aliphatic carbocycles. The molecule has 4 saturated carbocycles. The Morgan fingerprint density at radius 2 is 1.74 bits per heavy atom. The van der Waals surface area contributed by atoms with Gasteiger partial charge in [0.2, 0.25) is 0 Å². The lowest BCUT2D eigenvalue weighted by atomic mass is 9.54. The molecule has 1 aromatic carbocycles. The molecule has 0 saturated heterocycles. The molecule has 2 amide bonds. The summed E-state index contributed by atoms with van der Waals surface area (Å²) in [4.78, 5) is 12.2. The summed E-state index contributed by atoms with van der Waals surface area (Å²) in [6.07, 6.45) is 1.91. The fraction of sp³-hybridized carbons (Fsp3) is 0.571. The standard InChI is InChI=1S/C21H23F3N2O/c22-21(23,24)18-5-1-3-13(12-18)4-2-6-25-20(27)26-19-16-8-14-7-15(10-16)11-17(19)9-14/h1,3,5,12,14-17,19H,6-11H2,(H2,25,26,27). The molecular weight excluding hydrogens is 353 g/mol. The van der Waals surface area contributed by atoms with E-state index in [1.54, 1.807) is 0 Å². The normalized spacial score (nSPS) is 31.1. The highest BCUT2D eigenvalue weighted by Crippen LogP contribution is 2.53. The number of nitrogens with one attached hydrogen (secondary N) is 2. The number of rotatable bonds is 2. The van der Waals surface area contributed by atoms with E-state index in [1.807, 2.05) is 0 Å². The van der Waals surface area contributed by atoms with Crippen molar-refractivity contribution >= 4 is 6.03 Å². The number of carbonyl (C=O) groups is 1. The molecule has 3 nitrogen and oxygen atoms in total. The van der Waals surface area contributed by atoms with E-state index < -0.39 is 11.7 Å². The number of halogens is 3. The number of hydrogen-bond acceptors (Lipinski definition) is 1. The Morgan fingerprint density at radius 1 is 1.07 bits per heavy atom. The van der Waals surface area contributed by atoms with Crippen LogP contribution in [0, 0.1) is 35.5 Å². The van der Waals surface area contributed by atoms with Crippen molar-refractivity contribution < 1.29 is 18.0 Å². The molecule has 0 spiro atoms. The van der Waals surface area contributed by atoms with E-state index in [-0.39, 0.29) is 24.2 Å². The lowest BCUT2D eigenvalue weighted by molar-refractivity contribution is -0.137. The van der Waals surface area contributed by atoms with Gasteiger partial charge in [-0.1, -0.05) is 17.9 Å². The summed E-state index contributed by atoms with van der Waals surface area (Å²) >= 11 is 0. The second kappa shape index (κ2) is 7.10. The Labute approximate surface area is 157 Å². The molecule has 6 heteroatoms. The molecule has 2 N–H and O–H groups in total. The van der Waals surface area contributed by atoms with Crippen molar-refractivity contribution in [1.29, 1.82) is 0 Å². The summed E-state index contributed by atoms with van der Waals surface area (Å²) in [6.45, 7) is 0.107. The quantitative estimate of drug-likeness (QED) is 0.747. The van der Waals surface area contributed by atoms with E-state index in [0.29, 0.717) is 11.8 Å². The Hall–Kier alpha value is -2.16. The van der Waals surface area contributed by atoms with Crippen molar-refractivity contribution in [2.45, 2.75) is 44.3 Å². The molecule has 144 valence electrons. The first kappa shape index (κ1) is 18.2. The molecule has 0 heterocycles. The zero-order valence-corrected chi connectivity index (χ0v) is 15.0. The average molecular weight is 376 g/mol. The first-order valence-electron chi connectivity index (χ1n) is 9.59. The number of hydrogen-bond donors (Lipinski definition) is 2. The van der Waals surface area contributed by atoms with E-state index in [2.05, 4.69) is 22.5 Å². The minimum atomic E-state index is -4.38. The van der Waals surface area contributed by atoms with Crippen LogP contribution in [-0.2, 0) is 6.18 Å². The highest BCUT2D eigenvalue weighted by Gasteiger charge is 2.48. The molecular formula is C21H23F3N2O. The minimum absolute atomic E-state index is 0.107. The number of urea groups is 1. The van der Waals surface area contributed by atoms with Crippen molar-refractivity contribution in [3.05, 3.63) is 35.4 Å². The lowest BCUT2D eigenvalue weighted by Crippen LogP contribution is -2.57. The van der Waals surface area contributed by atoms with E-state index in [0.717, 1.165) is 24.0 Å². The van der Waals surface area contributed by atoms with Gasteiger partial charge in [-0.25, -0.2) is 4.79 Å². The Morgan fingerprint density at radius 3 is 2.37 bits per heavy atom. The Balaban J connectivity index is 1.28. The van der Waals surface area contributed by atoms with Gasteiger partial charge in [-0.3, -0.25) is 0 Å². The topological polar surface area (TPSA) is 41.1 Å². The molecule has 0 aliphatic heterocycles. The van der Waals surface area contributed by atoms with Gasteiger partial charge in [0.25, 0.3) is 0 Å². The average Bonchev–Trinajstić information content (AvgIpc) is 2.61. The fourth-order valence-corrected chi connectivity index (χ4v) is 5.41. The summed E-state index contributed by atoms with van der Waals surface area (Å²) < 4.78 is 38.1. The molecule has 0 aromatic heterocycles. The molecule has 4 bridgehead atoms. The number of amides is 2. The molecule has 27 heavy (non-hydrogen) atoms. The first-order valence-corrected chi connectivity index (χ1v) is 9.59. The first-order chi connectivity index (χ1) is 12.9. The Bertz CT molecular complexity index is 750. The van der Waals surface area contributed by atoms with Gasteiger partial charge in [0.1, 0.15) is 0 Å². The largest absolute Gasteiger partial charge is 0.416 e. The third-order valence-corrected chi connectivity index (χ3v) is 6.28. The van der Waals surface area contributed by atoms with Crippen LogP contribution < -0.4 is 10.6 Å². The van der Waals surface area contributed by atoms with E-state index in [4.69, 9.17) is 0 Å². The third-order valence-electron chi connectivity index (χ3n) is 6.28. The fourth-order valence-electron chi connectivity index (χ4n) is 5.41. The van der Waals surface area contributed by atoms with Crippen molar-refractivity contribution in [2.75, 3.05) is 6.54 Å². The summed E-state index contributed by atoms with van der Waals surface area (Å²) in [5.74, 6) is 8.31. The van der Waals surface area contributed by atoms with Crippen LogP contribution in [0.2, 0.25) is 0 Å². The lowest BCUT2D eigenvalue weighted by Gasteiger charge is -2.54. The molecule has 0 radical (unpaired) electrons. The highest BCUT2D eigenvalue weighted by atomic mass is 19.4. The molecule has 5 rings (SSSR count). The summed E-state index contributed by atoms with van der Waals surface area (Å²) in [6, 6.07) is 4.92. The van der Waals surface area contributed by atoms with Crippen LogP contribution in [-0.4, -0.2) is 18.6 Å². The zero-order chi connectivity index (χ0) is 19.0. The van der Waals surface area contributed by atoms with Gasteiger partial charge < -0.3 is 10.6 Å². The predicted octanol–water partition coefficient (Wildman–Crippen LogP) is 4.18. The SMILES string of the molecule is O=C(NCC#Cc1cccc(C(F)(F)F)c1)NC1C2CC3CC(C2)CC1C3. The number of carbonyl (C=O) groups excluding carboxylic acids is 1. The van der Waals surface area contributed by atoms with Crippen LogP contribution in [0.4, 0.5) is 18.0 Å². The summed E-state index contributed by atoms with van der Waals surface area (Å²) in [5, 5.41) is 5.83. The van der Waals surface area contributed by atoms with Crippen molar-refractivity contribution in [2.24, 2.45) is 23.7 Å². The van der Waals surface area contributed by atoms with E-state index >= 15 is 0 Å². The molecule has 1 aromatic rings. The van der Waals surface area contributed by atoms with Crippen LogP contribution >= 0.6 is 0 Å². The molecule has 4 fully saturated rings. The van der Waals surface area contributed by atoms with Crippen LogP contribution in [0.1, 0.15) is 43.2 Å². The molecule has 0 unspecified atom stereocenters. The van der Waals surface area contributed by atoms with E-state index in [9.17, 15) is 18.0 Å². The van der Waals surface area contributed by atoms with E-state index in [1.165, 1.54) is 44.2 Å². The van der Waals surface area contributed by atoms with Crippen LogP contribution in [0.5, 0.6) is 0 Å². The third kappa shape index (κ3) is 4.07. The van der Waals surface area contributed by atoms with Gasteiger partial charge in [-0.05, 0) is 74.0 Å². The predicted molar refractivity (Wildman–Crippen MR) is 95.7 cm³/mol. The van der Waals surface area contributed by atoms with Gasteiger partial charge in [-0.2, -0.15) is 13.2 Å². The zero-order valence-electron chi connectivity index (χ0n) is 15.0. The maximum absolute atomic E-state index is 12.7. The molecule has 4 aliphatic rings. The minimum Gasteiger partial charge on any atom is -0.335 e. The smallest absolute Gasteiger partial charge is 0.335 e. The number of alkyl halides is 3. The van der Waals surface area contributed by atoms with Crippen molar-refractivity contribution in [3.8, 4) is 11.8 Å². The van der Waals surface area contributed by atoms with Gasteiger partial charge >= 0.3 is 12.2 Å². The van der Waals surface area contributed by atoms with Crippen LogP contribution in [0.25, 0.3) is 0 Å². The van der Waals surface area contributed by atoms with Crippen LogP contribution in [0.15, 0.2) is 24.3 Å². The second-order valence-electron chi connectivity index (χ2n) is 8.16. The van der Waals surface area contributed by atoms with Gasteiger partial charge in [0.05, 0.1) is 12.1 Å². The van der Waals surface area contributed by atoms with Crippen LogP contribution in [0.3, 0.4) is 0 Å². The van der Waals surface area contributed by atoms with Gasteiger partial charge in [-0.15, -0.1) is 0 Å². The summed E-state index contributed by atoms with van der Waals surface area (Å²) in [7, 11) is 0. The maximum atomic E-state index is 12.7. The van der Waals surface area contributed by atoms with Gasteiger partial charge in [0, 0.05) is 11.6 Å². The van der Waals surface area contributed by atoms with Crippen molar-refractivity contribution in [3.63, 3.8) is 0 Å². The molecule has 0 atom stereocenters. The second-order valence-corrected chi connectivity index (χ2v) is 8.16. The summed E-state index contributed by atoms with van der Waals surface area (Å²) in [5.41, 5.74) is -0.435. The maximum Gasteiger partial charge on any atom is 0.416 e. The monoisotopic (exact) mass is 376 g/mol. The Kier molecular flexibility index (Phi) is 4.79. The van der Waals surface area contributed by atoms with Crippen molar-refractivity contribution in [1.82, 2.24) is 10.6 Å². The highest BCUT2D eigenvalue weighted by molar-refractivity contribution is 5.74. The van der Waals surface area contributed by atoms with Gasteiger partial charge in [0.15, 0.2) is 0 Å².